The molecule has 1 aromatic rings. The van der Waals surface area contributed by atoms with Gasteiger partial charge >= 0.3 is 0 Å². The van der Waals surface area contributed by atoms with Crippen LogP contribution in [0.4, 0.5) is 0 Å². The summed E-state index contributed by atoms with van der Waals surface area (Å²) in [6.07, 6.45) is 2.93. The van der Waals surface area contributed by atoms with Crippen LogP contribution in [0.3, 0.4) is 0 Å². The molecule has 1 aromatic carbocycles. The smallest absolute Gasteiger partial charge is 0.222 e. The van der Waals surface area contributed by atoms with Gasteiger partial charge in [-0.15, -0.1) is 0 Å². The molecule has 2 aliphatic rings. The number of likely N-dealkylation sites (tertiary alicyclic amines) is 2. The average molecular weight is 272 g/mol. The fourth-order valence-electron chi connectivity index (χ4n) is 4.06. The standard InChI is InChI=1S/C17H24N2O/c1-3-16(20)19-12-10-17(14-7-5-4-6-8-14)9-11-18(2)15(17)13-19/h4-8,15H,3,9-13H2,1-2H3/t15-,17+/m1/s1. The molecular weight excluding hydrogens is 248 g/mol. The number of benzene rings is 1. The molecule has 3 nitrogen and oxygen atoms in total. The Hall–Kier alpha value is -1.35. The highest BCUT2D eigenvalue weighted by Crippen LogP contribution is 2.45. The van der Waals surface area contributed by atoms with E-state index < -0.39 is 0 Å². The van der Waals surface area contributed by atoms with Crippen molar-refractivity contribution in [2.75, 3.05) is 26.7 Å². The van der Waals surface area contributed by atoms with Crippen LogP contribution in [-0.4, -0.2) is 48.4 Å². The molecule has 1 amide bonds. The number of fused-ring (bicyclic) bond motifs is 1. The van der Waals surface area contributed by atoms with Crippen molar-refractivity contribution < 1.29 is 4.79 Å². The Morgan fingerprint density at radius 2 is 1.95 bits per heavy atom. The van der Waals surface area contributed by atoms with Crippen LogP contribution in [0.1, 0.15) is 31.7 Å². The van der Waals surface area contributed by atoms with Crippen LogP contribution >= 0.6 is 0 Å². The van der Waals surface area contributed by atoms with Gasteiger partial charge in [0.05, 0.1) is 0 Å². The third-order valence-electron chi connectivity index (χ3n) is 5.31. The molecular formula is C17H24N2O. The van der Waals surface area contributed by atoms with Crippen LogP contribution in [0.2, 0.25) is 0 Å². The molecule has 0 radical (unpaired) electrons. The van der Waals surface area contributed by atoms with Gasteiger partial charge in [0.2, 0.25) is 5.91 Å². The number of rotatable bonds is 2. The van der Waals surface area contributed by atoms with Crippen molar-refractivity contribution in [2.45, 2.75) is 37.6 Å². The lowest BCUT2D eigenvalue weighted by Gasteiger charge is -2.46. The lowest BCUT2D eigenvalue weighted by molar-refractivity contribution is -0.133. The zero-order valence-corrected chi connectivity index (χ0v) is 12.5. The van der Waals surface area contributed by atoms with E-state index in [0.717, 1.165) is 26.1 Å². The van der Waals surface area contributed by atoms with Crippen molar-refractivity contribution in [1.82, 2.24) is 9.80 Å². The molecule has 0 spiro atoms. The maximum Gasteiger partial charge on any atom is 0.222 e. The second-order valence-electron chi connectivity index (χ2n) is 6.21. The van der Waals surface area contributed by atoms with E-state index in [2.05, 4.69) is 47.2 Å². The van der Waals surface area contributed by atoms with E-state index in [-0.39, 0.29) is 5.41 Å². The Kier molecular flexibility index (Phi) is 3.55. The van der Waals surface area contributed by atoms with E-state index in [4.69, 9.17) is 0 Å². The highest BCUT2D eigenvalue weighted by Gasteiger charge is 2.50. The van der Waals surface area contributed by atoms with Gasteiger partial charge in [0.1, 0.15) is 0 Å². The fraction of sp³-hybridized carbons (Fsp3) is 0.588. The average Bonchev–Trinajstić information content (AvgIpc) is 2.85. The first-order valence-corrected chi connectivity index (χ1v) is 7.71. The molecule has 2 aliphatic heterocycles. The first kappa shape index (κ1) is 13.6. The van der Waals surface area contributed by atoms with E-state index in [1.807, 2.05) is 6.92 Å². The normalized spacial score (nSPS) is 30.3. The van der Waals surface area contributed by atoms with Gasteiger partial charge in [-0.05, 0) is 32.0 Å². The number of piperidine rings is 1. The Morgan fingerprint density at radius 1 is 1.25 bits per heavy atom. The maximum atomic E-state index is 12.0. The summed E-state index contributed by atoms with van der Waals surface area (Å²) in [6.45, 7) is 4.89. The Balaban J connectivity index is 1.90. The van der Waals surface area contributed by atoms with Gasteiger partial charge in [-0.2, -0.15) is 0 Å². The number of hydrogen-bond donors (Lipinski definition) is 0. The van der Waals surface area contributed by atoms with Crippen LogP contribution in [0.5, 0.6) is 0 Å². The Morgan fingerprint density at radius 3 is 2.65 bits per heavy atom. The summed E-state index contributed by atoms with van der Waals surface area (Å²) < 4.78 is 0. The van der Waals surface area contributed by atoms with E-state index >= 15 is 0 Å². The van der Waals surface area contributed by atoms with Gasteiger partial charge in [0.15, 0.2) is 0 Å². The largest absolute Gasteiger partial charge is 0.341 e. The van der Waals surface area contributed by atoms with Gasteiger partial charge in [0, 0.05) is 31.0 Å². The van der Waals surface area contributed by atoms with Crippen LogP contribution < -0.4 is 0 Å². The minimum absolute atomic E-state index is 0.251. The molecule has 0 bridgehead atoms. The van der Waals surface area contributed by atoms with E-state index in [9.17, 15) is 4.79 Å². The molecule has 3 heteroatoms. The fourth-order valence-corrected chi connectivity index (χ4v) is 4.06. The van der Waals surface area contributed by atoms with Crippen molar-refractivity contribution in [1.29, 1.82) is 0 Å². The second-order valence-corrected chi connectivity index (χ2v) is 6.21. The van der Waals surface area contributed by atoms with Crippen LogP contribution in [-0.2, 0) is 10.2 Å². The molecule has 0 aliphatic carbocycles. The molecule has 0 unspecified atom stereocenters. The lowest BCUT2D eigenvalue weighted by atomic mass is 9.69. The molecule has 0 aromatic heterocycles. The van der Waals surface area contributed by atoms with Crippen LogP contribution in [0.15, 0.2) is 30.3 Å². The molecule has 108 valence electrons. The molecule has 2 atom stereocenters. The van der Waals surface area contributed by atoms with E-state index in [0.29, 0.717) is 18.4 Å². The molecule has 2 fully saturated rings. The summed E-state index contributed by atoms with van der Waals surface area (Å²) in [5.41, 5.74) is 1.71. The summed E-state index contributed by atoms with van der Waals surface area (Å²) in [5, 5.41) is 0. The second kappa shape index (κ2) is 5.21. The summed E-state index contributed by atoms with van der Waals surface area (Å²) in [4.78, 5) is 16.5. The topological polar surface area (TPSA) is 23.6 Å². The zero-order valence-electron chi connectivity index (χ0n) is 12.5. The third-order valence-corrected chi connectivity index (χ3v) is 5.31. The van der Waals surface area contributed by atoms with Crippen molar-refractivity contribution in [3.63, 3.8) is 0 Å². The van der Waals surface area contributed by atoms with Crippen molar-refractivity contribution in [3.8, 4) is 0 Å². The molecule has 0 saturated carbocycles. The molecule has 0 N–H and O–H groups in total. The van der Waals surface area contributed by atoms with Gasteiger partial charge in [-0.3, -0.25) is 4.79 Å². The molecule has 20 heavy (non-hydrogen) atoms. The van der Waals surface area contributed by atoms with Gasteiger partial charge in [-0.1, -0.05) is 37.3 Å². The third kappa shape index (κ3) is 2.05. The highest BCUT2D eigenvalue weighted by atomic mass is 16.2. The summed E-state index contributed by atoms with van der Waals surface area (Å²) in [7, 11) is 2.20. The van der Waals surface area contributed by atoms with Gasteiger partial charge < -0.3 is 9.80 Å². The van der Waals surface area contributed by atoms with Crippen LogP contribution in [0, 0.1) is 0 Å². The molecule has 2 saturated heterocycles. The summed E-state index contributed by atoms with van der Waals surface area (Å²) >= 11 is 0. The summed E-state index contributed by atoms with van der Waals surface area (Å²) in [5.74, 6) is 0.298. The van der Waals surface area contributed by atoms with E-state index in [1.165, 1.54) is 12.0 Å². The number of carbonyl (C=O) groups excluding carboxylic acids is 1. The predicted octanol–water partition coefficient (Wildman–Crippen LogP) is 2.27. The van der Waals surface area contributed by atoms with Gasteiger partial charge in [-0.25, -0.2) is 0 Å². The molecule has 2 heterocycles. The predicted molar refractivity (Wildman–Crippen MR) is 80.6 cm³/mol. The van der Waals surface area contributed by atoms with E-state index in [1.54, 1.807) is 0 Å². The van der Waals surface area contributed by atoms with Crippen molar-refractivity contribution in [2.24, 2.45) is 0 Å². The van der Waals surface area contributed by atoms with Crippen LogP contribution in [0.25, 0.3) is 0 Å². The zero-order chi connectivity index (χ0) is 14.2. The Labute approximate surface area is 121 Å². The van der Waals surface area contributed by atoms with Crippen molar-refractivity contribution in [3.05, 3.63) is 35.9 Å². The number of likely N-dealkylation sites (N-methyl/N-ethyl adjacent to an activating group) is 1. The number of amides is 1. The first-order valence-electron chi connectivity index (χ1n) is 7.71. The van der Waals surface area contributed by atoms with Crippen molar-refractivity contribution >= 4 is 5.91 Å². The number of nitrogens with zero attached hydrogens (tertiary/aromatic N) is 2. The van der Waals surface area contributed by atoms with Gasteiger partial charge in [0.25, 0.3) is 0 Å². The minimum Gasteiger partial charge on any atom is -0.341 e. The SMILES string of the molecule is CCC(=O)N1CC[C@]2(c3ccccc3)CCN(C)[C@@H]2C1. The summed E-state index contributed by atoms with van der Waals surface area (Å²) in [6, 6.07) is 11.4. The monoisotopic (exact) mass is 272 g/mol. The first-order chi connectivity index (χ1) is 9.67. The lowest BCUT2D eigenvalue weighted by Crippen LogP contribution is -2.56. The minimum atomic E-state index is 0.251. The number of carbonyl (C=O) groups is 1. The number of hydrogen-bond acceptors (Lipinski definition) is 2. The molecule has 3 rings (SSSR count). The Bertz CT molecular complexity index is 487. The maximum absolute atomic E-state index is 12.0. The highest BCUT2D eigenvalue weighted by molar-refractivity contribution is 5.76. The quantitative estimate of drug-likeness (QED) is 0.824.